The number of ether oxygens (including phenoxy) is 1. The lowest BCUT2D eigenvalue weighted by Crippen LogP contribution is -2.12. The van der Waals surface area contributed by atoms with Crippen LogP contribution in [0.1, 0.15) is 32.4 Å². The molecule has 2 aromatic carbocycles. The van der Waals surface area contributed by atoms with Gasteiger partial charge in [0.1, 0.15) is 5.75 Å². The van der Waals surface area contributed by atoms with Crippen LogP contribution in [-0.4, -0.2) is 13.2 Å². The summed E-state index contributed by atoms with van der Waals surface area (Å²) >= 11 is 0. The quantitative estimate of drug-likeness (QED) is 0.867. The topological polar surface area (TPSA) is 21.3 Å². The third-order valence-corrected chi connectivity index (χ3v) is 3.38. The SMILES string of the molecule is CN[C@H](C)c1cccc(-c2ccc(OC(C)C)cc2)c1. The molecule has 0 fully saturated rings. The maximum Gasteiger partial charge on any atom is 0.119 e. The summed E-state index contributed by atoms with van der Waals surface area (Å²) in [4.78, 5) is 0. The van der Waals surface area contributed by atoms with E-state index in [4.69, 9.17) is 4.74 Å². The molecular weight excluding hydrogens is 246 g/mol. The molecule has 0 aromatic heterocycles. The van der Waals surface area contributed by atoms with Crippen LogP contribution in [0.2, 0.25) is 0 Å². The minimum atomic E-state index is 0.209. The first kappa shape index (κ1) is 14.6. The van der Waals surface area contributed by atoms with Gasteiger partial charge in [0, 0.05) is 6.04 Å². The van der Waals surface area contributed by atoms with Crippen molar-refractivity contribution in [2.45, 2.75) is 32.9 Å². The maximum atomic E-state index is 5.67. The minimum absolute atomic E-state index is 0.209. The molecule has 2 rings (SSSR count). The number of hydrogen-bond acceptors (Lipinski definition) is 2. The average molecular weight is 269 g/mol. The molecular formula is C18H23NO. The summed E-state index contributed by atoms with van der Waals surface area (Å²) in [6.45, 7) is 6.24. The predicted octanol–water partition coefficient (Wildman–Crippen LogP) is 4.42. The van der Waals surface area contributed by atoms with Crippen molar-refractivity contribution in [2.24, 2.45) is 0 Å². The van der Waals surface area contributed by atoms with Crippen molar-refractivity contribution in [2.75, 3.05) is 7.05 Å². The van der Waals surface area contributed by atoms with Crippen LogP contribution >= 0.6 is 0 Å². The Bertz CT molecular complexity index is 546. The monoisotopic (exact) mass is 269 g/mol. The molecule has 20 heavy (non-hydrogen) atoms. The molecule has 0 aliphatic rings. The Hall–Kier alpha value is -1.80. The second-order valence-electron chi connectivity index (χ2n) is 5.33. The fourth-order valence-corrected chi connectivity index (χ4v) is 2.15. The Balaban J connectivity index is 2.23. The third kappa shape index (κ3) is 3.61. The summed E-state index contributed by atoms with van der Waals surface area (Å²) in [6, 6.07) is 17.3. The molecule has 0 aliphatic heterocycles. The molecule has 2 nitrogen and oxygen atoms in total. The smallest absolute Gasteiger partial charge is 0.119 e. The molecule has 0 radical (unpaired) electrons. The lowest BCUT2D eigenvalue weighted by atomic mass is 10.0. The van der Waals surface area contributed by atoms with Crippen molar-refractivity contribution >= 4 is 0 Å². The third-order valence-electron chi connectivity index (χ3n) is 3.38. The molecule has 0 unspecified atom stereocenters. The van der Waals surface area contributed by atoms with Gasteiger partial charge in [0.05, 0.1) is 6.10 Å². The van der Waals surface area contributed by atoms with Crippen LogP contribution in [0.4, 0.5) is 0 Å². The van der Waals surface area contributed by atoms with Crippen molar-refractivity contribution < 1.29 is 4.74 Å². The van der Waals surface area contributed by atoms with Gasteiger partial charge < -0.3 is 10.1 Å². The summed E-state index contributed by atoms with van der Waals surface area (Å²) in [6.07, 6.45) is 0.209. The van der Waals surface area contributed by atoms with Crippen LogP contribution in [0.15, 0.2) is 48.5 Å². The van der Waals surface area contributed by atoms with Crippen molar-refractivity contribution in [1.29, 1.82) is 0 Å². The Morgan fingerprint density at radius 3 is 2.20 bits per heavy atom. The summed E-state index contributed by atoms with van der Waals surface area (Å²) in [7, 11) is 1.98. The second kappa shape index (κ2) is 6.58. The molecule has 0 amide bonds. The lowest BCUT2D eigenvalue weighted by Gasteiger charge is -2.13. The van der Waals surface area contributed by atoms with Gasteiger partial charge in [-0.05, 0) is 62.7 Å². The molecule has 0 bridgehead atoms. The summed E-state index contributed by atoms with van der Waals surface area (Å²) < 4.78 is 5.67. The molecule has 106 valence electrons. The number of nitrogens with one attached hydrogen (secondary N) is 1. The van der Waals surface area contributed by atoms with Crippen molar-refractivity contribution in [3.8, 4) is 16.9 Å². The fraction of sp³-hybridized carbons (Fsp3) is 0.333. The molecule has 0 spiro atoms. The molecule has 0 saturated carbocycles. The summed E-state index contributed by atoms with van der Waals surface area (Å²) in [5, 5.41) is 3.27. The normalized spacial score (nSPS) is 12.4. The fourth-order valence-electron chi connectivity index (χ4n) is 2.15. The molecule has 1 N–H and O–H groups in total. The predicted molar refractivity (Wildman–Crippen MR) is 85.1 cm³/mol. The van der Waals surface area contributed by atoms with Crippen LogP contribution in [-0.2, 0) is 0 Å². The van der Waals surface area contributed by atoms with E-state index in [-0.39, 0.29) is 6.10 Å². The zero-order valence-electron chi connectivity index (χ0n) is 12.7. The first-order valence-corrected chi connectivity index (χ1v) is 7.14. The number of rotatable bonds is 5. The zero-order chi connectivity index (χ0) is 14.5. The van der Waals surface area contributed by atoms with Crippen molar-refractivity contribution in [3.05, 3.63) is 54.1 Å². The largest absolute Gasteiger partial charge is 0.491 e. The van der Waals surface area contributed by atoms with Gasteiger partial charge in [-0.25, -0.2) is 0 Å². The first-order valence-electron chi connectivity index (χ1n) is 7.14. The zero-order valence-corrected chi connectivity index (χ0v) is 12.7. The molecule has 0 saturated heterocycles. The highest BCUT2D eigenvalue weighted by atomic mass is 16.5. The number of hydrogen-bond donors (Lipinski definition) is 1. The standard InChI is InChI=1S/C18H23NO/c1-13(2)20-18-10-8-15(9-11-18)17-7-5-6-16(12-17)14(3)19-4/h5-14,19H,1-4H3/t14-/m1/s1. The van der Waals surface area contributed by atoms with Gasteiger partial charge in [0.25, 0.3) is 0 Å². The molecule has 2 heteroatoms. The van der Waals surface area contributed by atoms with E-state index >= 15 is 0 Å². The molecule has 2 aromatic rings. The highest BCUT2D eigenvalue weighted by Gasteiger charge is 2.05. The van der Waals surface area contributed by atoms with Gasteiger partial charge in [0.15, 0.2) is 0 Å². The van der Waals surface area contributed by atoms with Crippen LogP contribution in [0, 0.1) is 0 Å². The van der Waals surface area contributed by atoms with Crippen LogP contribution in [0.25, 0.3) is 11.1 Å². The van der Waals surface area contributed by atoms with E-state index in [9.17, 15) is 0 Å². The van der Waals surface area contributed by atoms with E-state index in [0.29, 0.717) is 6.04 Å². The Labute approximate surface area is 121 Å². The highest BCUT2D eigenvalue weighted by molar-refractivity contribution is 5.65. The minimum Gasteiger partial charge on any atom is -0.491 e. The highest BCUT2D eigenvalue weighted by Crippen LogP contribution is 2.25. The van der Waals surface area contributed by atoms with E-state index in [1.807, 2.05) is 33.0 Å². The van der Waals surface area contributed by atoms with E-state index in [0.717, 1.165) is 5.75 Å². The first-order chi connectivity index (χ1) is 9.60. The van der Waals surface area contributed by atoms with Gasteiger partial charge in [-0.3, -0.25) is 0 Å². The Kier molecular flexibility index (Phi) is 4.80. The van der Waals surface area contributed by atoms with E-state index in [2.05, 4.69) is 48.6 Å². The van der Waals surface area contributed by atoms with Gasteiger partial charge in [-0.15, -0.1) is 0 Å². The van der Waals surface area contributed by atoms with Gasteiger partial charge in [0.2, 0.25) is 0 Å². The van der Waals surface area contributed by atoms with Crippen molar-refractivity contribution in [1.82, 2.24) is 5.32 Å². The van der Waals surface area contributed by atoms with E-state index < -0.39 is 0 Å². The van der Waals surface area contributed by atoms with Gasteiger partial charge >= 0.3 is 0 Å². The van der Waals surface area contributed by atoms with E-state index in [1.54, 1.807) is 0 Å². The molecule has 0 aliphatic carbocycles. The molecule has 1 atom stereocenters. The van der Waals surface area contributed by atoms with Crippen molar-refractivity contribution in [3.63, 3.8) is 0 Å². The average Bonchev–Trinajstić information content (AvgIpc) is 2.47. The van der Waals surface area contributed by atoms with Crippen LogP contribution in [0.3, 0.4) is 0 Å². The van der Waals surface area contributed by atoms with Gasteiger partial charge in [-0.2, -0.15) is 0 Å². The van der Waals surface area contributed by atoms with Crippen LogP contribution < -0.4 is 10.1 Å². The Morgan fingerprint density at radius 2 is 1.60 bits per heavy atom. The number of benzene rings is 2. The summed E-state index contributed by atoms with van der Waals surface area (Å²) in [5.74, 6) is 0.920. The van der Waals surface area contributed by atoms with Gasteiger partial charge in [-0.1, -0.05) is 30.3 Å². The Morgan fingerprint density at radius 1 is 0.900 bits per heavy atom. The van der Waals surface area contributed by atoms with E-state index in [1.165, 1.54) is 16.7 Å². The molecule has 0 heterocycles. The maximum absolute atomic E-state index is 5.67. The van der Waals surface area contributed by atoms with Crippen LogP contribution in [0.5, 0.6) is 5.75 Å². The lowest BCUT2D eigenvalue weighted by molar-refractivity contribution is 0.242. The second-order valence-corrected chi connectivity index (χ2v) is 5.33. The summed E-state index contributed by atoms with van der Waals surface area (Å²) in [5.41, 5.74) is 3.75.